The van der Waals surface area contributed by atoms with Crippen LogP contribution >= 0.6 is 11.8 Å². The third-order valence-electron chi connectivity index (χ3n) is 5.64. The van der Waals surface area contributed by atoms with Gasteiger partial charge in [0.15, 0.2) is 10.8 Å². The predicted molar refractivity (Wildman–Crippen MR) is 137 cm³/mol. The second-order valence-electron chi connectivity index (χ2n) is 8.05. The number of benzene rings is 1. The third kappa shape index (κ3) is 6.37. The van der Waals surface area contributed by atoms with E-state index >= 15 is 0 Å². The lowest BCUT2D eigenvalue weighted by Crippen LogP contribution is -2.42. The minimum atomic E-state index is -0.717. The van der Waals surface area contributed by atoms with Gasteiger partial charge in [-0.3, -0.25) is 19.1 Å². The molecule has 0 atom stereocenters. The van der Waals surface area contributed by atoms with Crippen LogP contribution in [0.25, 0.3) is 0 Å². The van der Waals surface area contributed by atoms with E-state index in [0.29, 0.717) is 18.2 Å². The number of nitrogen functional groups attached to an aromatic ring is 1. The summed E-state index contributed by atoms with van der Waals surface area (Å²) in [5.41, 5.74) is 8.43. The first-order chi connectivity index (χ1) is 16.7. The molecule has 0 aliphatic rings. The maximum Gasteiger partial charge on any atom is 0.330 e. The van der Waals surface area contributed by atoms with Crippen molar-refractivity contribution in [3.63, 3.8) is 0 Å². The maximum atomic E-state index is 13.3. The van der Waals surface area contributed by atoms with Crippen LogP contribution in [0.4, 0.5) is 11.5 Å². The number of thioether (sulfide) groups is 1. The van der Waals surface area contributed by atoms with Crippen molar-refractivity contribution < 1.29 is 9.53 Å². The summed E-state index contributed by atoms with van der Waals surface area (Å²) in [4.78, 5) is 51.2. The molecule has 11 heteroatoms. The minimum absolute atomic E-state index is 0.00832. The number of amides is 1. The third-order valence-corrected chi connectivity index (χ3v) is 6.47. The molecule has 0 bridgehead atoms. The van der Waals surface area contributed by atoms with E-state index in [9.17, 15) is 14.4 Å². The lowest BCUT2D eigenvalue weighted by Gasteiger charge is -2.24. The standard InChI is InChI=1S/C24H30N6O4S/c1-15-16(2)26-23(27-17(15)3)35-14-19(31)29(11-8-12-34-4)20-21(25)30(24(33)28-22(20)32)13-18-9-6-5-7-10-18/h5-7,9-10H,8,11-14,25H2,1-4H3,(H,28,32,33). The zero-order valence-electron chi connectivity index (χ0n) is 20.3. The second-order valence-corrected chi connectivity index (χ2v) is 8.99. The monoisotopic (exact) mass is 498 g/mol. The molecule has 1 aromatic carbocycles. The van der Waals surface area contributed by atoms with Gasteiger partial charge in [0.2, 0.25) is 5.91 Å². The number of aromatic nitrogens is 4. The number of methoxy groups -OCH3 is 1. The predicted octanol–water partition coefficient (Wildman–Crippen LogP) is 2.04. The van der Waals surface area contributed by atoms with Crippen molar-refractivity contribution in [2.24, 2.45) is 0 Å². The van der Waals surface area contributed by atoms with Crippen molar-refractivity contribution in [1.29, 1.82) is 0 Å². The molecule has 10 nitrogen and oxygen atoms in total. The van der Waals surface area contributed by atoms with E-state index in [1.54, 1.807) is 7.11 Å². The van der Waals surface area contributed by atoms with Gasteiger partial charge >= 0.3 is 5.69 Å². The summed E-state index contributed by atoms with van der Waals surface area (Å²) in [5, 5.41) is 0.478. The number of rotatable bonds is 10. The van der Waals surface area contributed by atoms with Crippen LogP contribution in [0, 0.1) is 20.8 Å². The first kappa shape index (κ1) is 26.2. The molecule has 0 unspecified atom stereocenters. The minimum Gasteiger partial charge on any atom is -0.385 e. The quantitative estimate of drug-likeness (QED) is 0.246. The van der Waals surface area contributed by atoms with E-state index in [1.807, 2.05) is 51.1 Å². The molecule has 186 valence electrons. The molecule has 0 aliphatic carbocycles. The van der Waals surface area contributed by atoms with Crippen LogP contribution in [-0.2, 0) is 16.1 Å². The average molecular weight is 499 g/mol. The van der Waals surface area contributed by atoms with E-state index in [4.69, 9.17) is 10.5 Å². The molecule has 2 aromatic heterocycles. The van der Waals surface area contributed by atoms with Crippen LogP contribution in [-0.4, -0.2) is 51.4 Å². The van der Waals surface area contributed by atoms with Gasteiger partial charge in [0.05, 0.1) is 12.3 Å². The van der Waals surface area contributed by atoms with Crippen LogP contribution in [0.3, 0.4) is 0 Å². The summed E-state index contributed by atoms with van der Waals surface area (Å²) >= 11 is 1.18. The number of aromatic amines is 1. The number of hydrogen-bond acceptors (Lipinski definition) is 8. The molecule has 3 N–H and O–H groups in total. The number of carbonyl (C=O) groups is 1. The molecule has 35 heavy (non-hydrogen) atoms. The van der Waals surface area contributed by atoms with Gasteiger partial charge in [0.25, 0.3) is 5.56 Å². The number of nitrogens with zero attached hydrogens (tertiary/aromatic N) is 4. The number of aryl methyl sites for hydroxylation is 2. The number of carbonyl (C=O) groups excluding carboxylic acids is 1. The van der Waals surface area contributed by atoms with E-state index in [0.717, 1.165) is 22.5 Å². The Hall–Kier alpha value is -3.44. The highest BCUT2D eigenvalue weighted by Gasteiger charge is 2.24. The Bertz CT molecular complexity index is 1280. The van der Waals surface area contributed by atoms with Gasteiger partial charge in [-0.15, -0.1) is 0 Å². The molecule has 0 saturated carbocycles. The van der Waals surface area contributed by atoms with E-state index in [2.05, 4.69) is 15.0 Å². The topological polar surface area (TPSA) is 136 Å². The largest absolute Gasteiger partial charge is 0.385 e. The van der Waals surface area contributed by atoms with Crippen LogP contribution in [0.15, 0.2) is 45.1 Å². The van der Waals surface area contributed by atoms with Crippen molar-refractivity contribution >= 4 is 29.2 Å². The first-order valence-electron chi connectivity index (χ1n) is 11.1. The molecule has 3 rings (SSSR count). The van der Waals surface area contributed by atoms with E-state index in [-0.39, 0.29) is 36.3 Å². The number of ether oxygens (including phenoxy) is 1. The fraction of sp³-hybridized carbons (Fsp3) is 0.375. The lowest BCUT2D eigenvalue weighted by atomic mass is 10.2. The summed E-state index contributed by atoms with van der Waals surface area (Å²) in [6.45, 7) is 6.46. The van der Waals surface area contributed by atoms with Crippen molar-refractivity contribution in [2.75, 3.05) is 36.6 Å². The highest BCUT2D eigenvalue weighted by molar-refractivity contribution is 7.99. The van der Waals surface area contributed by atoms with Crippen LogP contribution in [0.5, 0.6) is 0 Å². The van der Waals surface area contributed by atoms with Crippen molar-refractivity contribution in [3.8, 4) is 0 Å². The number of nitrogens with two attached hydrogens (primary N) is 1. The highest BCUT2D eigenvalue weighted by atomic mass is 32.2. The van der Waals surface area contributed by atoms with Crippen molar-refractivity contribution in [2.45, 2.75) is 38.9 Å². The molecular weight excluding hydrogens is 468 g/mol. The molecule has 2 heterocycles. The molecule has 0 spiro atoms. The molecule has 1 amide bonds. The number of H-pyrrole nitrogens is 1. The van der Waals surface area contributed by atoms with Gasteiger partial charge in [-0.1, -0.05) is 42.1 Å². The fourth-order valence-corrected chi connectivity index (χ4v) is 4.31. The molecule has 0 aliphatic heterocycles. The Morgan fingerprint density at radius 1 is 1.14 bits per heavy atom. The maximum absolute atomic E-state index is 13.3. The van der Waals surface area contributed by atoms with E-state index < -0.39 is 11.2 Å². The van der Waals surface area contributed by atoms with Gasteiger partial charge in [0, 0.05) is 31.6 Å². The number of hydrogen-bond donors (Lipinski definition) is 2. The van der Waals surface area contributed by atoms with Gasteiger partial charge in [-0.2, -0.15) is 0 Å². The fourth-order valence-electron chi connectivity index (χ4n) is 3.50. The SMILES string of the molecule is COCCCN(C(=O)CSc1nc(C)c(C)c(C)n1)c1c(N)n(Cc2ccccc2)c(=O)[nH]c1=O. The van der Waals surface area contributed by atoms with Crippen LogP contribution < -0.4 is 21.9 Å². The lowest BCUT2D eigenvalue weighted by molar-refractivity contribution is -0.116. The second kappa shape index (κ2) is 11.8. The van der Waals surface area contributed by atoms with Crippen LogP contribution in [0.2, 0.25) is 0 Å². The summed E-state index contributed by atoms with van der Waals surface area (Å²) < 4.78 is 6.38. The summed E-state index contributed by atoms with van der Waals surface area (Å²) in [5.74, 6) is -0.435. The summed E-state index contributed by atoms with van der Waals surface area (Å²) in [6, 6.07) is 9.25. The van der Waals surface area contributed by atoms with Crippen molar-refractivity contribution in [3.05, 3.63) is 73.7 Å². The summed E-state index contributed by atoms with van der Waals surface area (Å²) in [6.07, 6.45) is 0.475. The number of nitrogens with one attached hydrogen (secondary N) is 1. The van der Waals surface area contributed by atoms with Crippen molar-refractivity contribution in [1.82, 2.24) is 19.5 Å². The smallest absolute Gasteiger partial charge is 0.330 e. The normalized spacial score (nSPS) is 11.0. The van der Waals surface area contributed by atoms with Gasteiger partial charge in [-0.05, 0) is 38.3 Å². The first-order valence-corrected chi connectivity index (χ1v) is 12.1. The Kier molecular flexibility index (Phi) is 8.83. The summed E-state index contributed by atoms with van der Waals surface area (Å²) in [7, 11) is 1.56. The average Bonchev–Trinajstić information content (AvgIpc) is 2.83. The van der Waals surface area contributed by atoms with Gasteiger partial charge in [-0.25, -0.2) is 14.8 Å². The van der Waals surface area contributed by atoms with E-state index in [1.165, 1.54) is 21.2 Å². The Morgan fingerprint density at radius 2 is 1.80 bits per heavy atom. The zero-order valence-corrected chi connectivity index (χ0v) is 21.1. The Balaban J connectivity index is 1.94. The molecule has 0 saturated heterocycles. The Morgan fingerprint density at radius 3 is 2.43 bits per heavy atom. The van der Waals surface area contributed by atoms with Gasteiger partial charge < -0.3 is 15.4 Å². The van der Waals surface area contributed by atoms with Crippen LogP contribution in [0.1, 0.15) is 28.9 Å². The highest BCUT2D eigenvalue weighted by Crippen LogP contribution is 2.22. The van der Waals surface area contributed by atoms with Gasteiger partial charge in [0.1, 0.15) is 5.82 Å². The molecule has 3 aromatic rings. The molecule has 0 fully saturated rings. The number of anilines is 2. The molecule has 0 radical (unpaired) electrons. The Labute approximate surface area is 207 Å². The zero-order chi connectivity index (χ0) is 25.5. The molecular formula is C24H30N6O4S.